The molecule has 0 radical (unpaired) electrons. The normalized spacial score (nSPS) is 12.5. The number of benzene rings is 1. The first kappa shape index (κ1) is 12.9. The maximum absolute atomic E-state index is 11.3. The number of aromatic hydroxyl groups is 1. The number of phenolic OH excluding ortho intramolecular Hbond substituents is 1. The Morgan fingerprint density at radius 2 is 1.89 bits per heavy atom. The summed E-state index contributed by atoms with van der Waals surface area (Å²) in [5.41, 5.74) is 1.03. The molecule has 1 aromatic heterocycles. The predicted molar refractivity (Wildman–Crippen MR) is 67.7 cm³/mol. The van der Waals surface area contributed by atoms with Crippen molar-refractivity contribution in [1.29, 1.82) is 0 Å². The maximum atomic E-state index is 11.3. The minimum Gasteiger partial charge on any atom is -0.508 e. The summed E-state index contributed by atoms with van der Waals surface area (Å²) in [5, 5.41) is 28.4. The molecule has 100 valence electrons. The van der Waals surface area contributed by atoms with E-state index >= 15 is 0 Å². The Hall–Kier alpha value is -2.50. The Labute approximate surface area is 108 Å². The number of nitrogens with one attached hydrogen (secondary N) is 1. The van der Waals surface area contributed by atoms with E-state index in [1.54, 1.807) is 6.92 Å². The van der Waals surface area contributed by atoms with Crippen molar-refractivity contribution in [3.8, 4) is 5.75 Å². The number of carboxylic acid groups (broad SMARTS) is 2. The van der Waals surface area contributed by atoms with Gasteiger partial charge in [0.05, 0.1) is 11.5 Å². The van der Waals surface area contributed by atoms with Crippen molar-refractivity contribution in [3.05, 3.63) is 29.0 Å². The average Bonchev–Trinajstić information content (AvgIpc) is 2.64. The summed E-state index contributed by atoms with van der Waals surface area (Å²) in [6.07, 6.45) is 0. The summed E-state index contributed by atoms with van der Waals surface area (Å²) >= 11 is 0. The van der Waals surface area contributed by atoms with E-state index in [0.717, 1.165) is 0 Å². The molecule has 0 aliphatic carbocycles. The topological polar surface area (TPSA) is 111 Å². The maximum Gasteiger partial charge on any atom is 0.338 e. The van der Waals surface area contributed by atoms with E-state index in [9.17, 15) is 19.8 Å². The summed E-state index contributed by atoms with van der Waals surface area (Å²) in [7, 11) is 0. The van der Waals surface area contributed by atoms with E-state index in [1.807, 2.05) is 0 Å². The molecular formula is C13H13NO5. The Kier molecular flexibility index (Phi) is 2.94. The lowest BCUT2D eigenvalue weighted by Gasteiger charge is -2.11. The lowest BCUT2D eigenvalue weighted by molar-refractivity contribution is -0.138. The van der Waals surface area contributed by atoms with Gasteiger partial charge in [-0.1, -0.05) is 0 Å². The van der Waals surface area contributed by atoms with Crippen molar-refractivity contribution in [1.82, 2.24) is 4.98 Å². The van der Waals surface area contributed by atoms with Crippen LogP contribution in [0, 0.1) is 6.92 Å². The van der Waals surface area contributed by atoms with E-state index in [2.05, 4.69) is 4.98 Å². The second-order valence-corrected chi connectivity index (χ2v) is 4.41. The van der Waals surface area contributed by atoms with Crippen LogP contribution in [0.5, 0.6) is 5.75 Å². The quantitative estimate of drug-likeness (QED) is 0.677. The van der Waals surface area contributed by atoms with Gasteiger partial charge in [-0.2, -0.15) is 0 Å². The second kappa shape index (κ2) is 4.31. The van der Waals surface area contributed by atoms with Gasteiger partial charge in [-0.3, -0.25) is 4.79 Å². The van der Waals surface area contributed by atoms with E-state index in [-0.39, 0.29) is 22.3 Å². The first-order valence-corrected chi connectivity index (χ1v) is 5.64. The Morgan fingerprint density at radius 3 is 2.42 bits per heavy atom. The highest BCUT2D eigenvalue weighted by Gasteiger charge is 2.26. The molecule has 4 N–H and O–H groups in total. The number of rotatable bonds is 3. The molecule has 1 aromatic carbocycles. The monoisotopic (exact) mass is 263 g/mol. The third-order valence-corrected chi connectivity index (χ3v) is 3.19. The van der Waals surface area contributed by atoms with Crippen molar-refractivity contribution in [3.63, 3.8) is 0 Å². The van der Waals surface area contributed by atoms with Gasteiger partial charge < -0.3 is 20.3 Å². The molecular weight excluding hydrogens is 250 g/mol. The number of aryl methyl sites for hydroxylation is 1. The minimum absolute atomic E-state index is 0.00556. The van der Waals surface area contributed by atoms with E-state index in [1.165, 1.54) is 19.1 Å². The van der Waals surface area contributed by atoms with Gasteiger partial charge in [-0.05, 0) is 26.0 Å². The molecule has 6 heteroatoms. The van der Waals surface area contributed by atoms with Gasteiger partial charge in [0.2, 0.25) is 0 Å². The number of aromatic nitrogens is 1. The van der Waals surface area contributed by atoms with Crippen LogP contribution in [-0.2, 0) is 4.79 Å². The molecule has 0 bridgehead atoms. The number of H-pyrrole nitrogens is 1. The highest BCUT2D eigenvalue weighted by molar-refractivity contribution is 6.08. The first-order valence-electron chi connectivity index (χ1n) is 5.64. The van der Waals surface area contributed by atoms with Gasteiger partial charge in [-0.25, -0.2) is 4.79 Å². The highest BCUT2D eigenvalue weighted by Crippen LogP contribution is 2.36. The summed E-state index contributed by atoms with van der Waals surface area (Å²) in [5.74, 6) is -3.51. The van der Waals surface area contributed by atoms with Gasteiger partial charge >= 0.3 is 11.9 Å². The summed E-state index contributed by atoms with van der Waals surface area (Å²) in [4.78, 5) is 25.3. The molecule has 2 rings (SSSR count). The standard InChI is InChI=1S/C13H13NO5/c1-5(12(16)17)9-8(15)4-3-7-11(9)10(13(18)19)6(2)14-7/h3-5,14-15H,1-2H3,(H,16,17)(H,18,19). The Morgan fingerprint density at radius 1 is 1.26 bits per heavy atom. The smallest absolute Gasteiger partial charge is 0.338 e. The number of aliphatic carboxylic acids is 1. The number of phenols is 1. The van der Waals surface area contributed by atoms with Crippen LogP contribution in [0.15, 0.2) is 12.1 Å². The number of carbonyl (C=O) groups is 2. The Balaban J connectivity index is 2.91. The minimum atomic E-state index is -1.16. The molecule has 0 aliphatic heterocycles. The van der Waals surface area contributed by atoms with Gasteiger partial charge in [0, 0.05) is 22.2 Å². The van der Waals surface area contributed by atoms with Gasteiger partial charge in [0.15, 0.2) is 0 Å². The van der Waals surface area contributed by atoms with Crippen LogP contribution in [-0.4, -0.2) is 32.2 Å². The van der Waals surface area contributed by atoms with Crippen LogP contribution in [0.4, 0.5) is 0 Å². The van der Waals surface area contributed by atoms with E-state index in [4.69, 9.17) is 5.11 Å². The van der Waals surface area contributed by atoms with Crippen molar-refractivity contribution in [2.75, 3.05) is 0 Å². The molecule has 0 saturated heterocycles. The third kappa shape index (κ3) is 1.91. The molecule has 19 heavy (non-hydrogen) atoms. The third-order valence-electron chi connectivity index (χ3n) is 3.19. The van der Waals surface area contributed by atoms with Crippen LogP contribution < -0.4 is 0 Å². The zero-order valence-electron chi connectivity index (χ0n) is 10.4. The zero-order valence-corrected chi connectivity index (χ0v) is 10.4. The van der Waals surface area contributed by atoms with Gasteiger partial charge in [0.1, 0.15) is 5.75 Å². The summed E-state index contributed by atoms with van der Waals surface area (Å²) < 4.78 is 0. The van der Waals surface area contributed by atoms with Crippen molar-refractivity contribution in [2.24, 2.45) is 0 Å². The van der Waals surface area contributed by atoms with E-state index < -0.39 is 17.9 Å². The first-order chi connectivity index (χ1) is 8.84. The van der Waals surface area contributed by atoms with Crippen LogP contribution in [0.3, 0.4) is 0 Å². The summed E-state index contributed by atoms with van der Waals surface area (Å²) in [6.45, 7) is 3.00. The van der Waals surface area contributed by atoms with Crippen LogP contribution >= 0.6 is 0 Å². The molecule has 0 aliphatic rings. The SMILES string of the molecule is Cc1[nH]c2ccc(O)c(C(C)C(=O)O)c2c1C(=O)O. The second-order valence-electron chi connectivity index (χ2n) is 4.41. The molecule has 0 amide bonds. The van der Waals surface area contributed by atoms with Gasteiger partial charge in [-0.15, -0.1) is 0 Å². The van der Waals surface area contributed by atoms with Crippen LogP contribution in [0.25, 0.3) is 10.9 Å². The fraction of sp³-hybridized carbons (Fsp3) is 0.231. The zero-order chi connectivity index (χ0) is 14.3. The lowest BCUT2D eigenvalue weighted by Crippen LogP contribution is -2.09. The Bertz CT molecular complexity index is 686. The number of carboxylic acids is 2. The molecule has 1 heterocycles. The molecule has 6 nitrogen and oxygen atoms in total. The van der Waals surface area contributed by atoms with Crippen molar-refractivity contribution in [2.45, 2.75) is 19.8 Å². The molecule has 2 aromatic rings. The van der Waals surface area contributed by atoms with Crippen molar-refractivity contribution < 1.29 is 24.9 Å². The predicted octanol–water partition coefficient (Wildman–Crippen LogP) is 2.07. The molecule has 0 spiro atoms. The molecule has 1 atom stereocenters. The van der Waals surface area contributed by atoms with Gasteiger partial charge in [0.25, 0.3) is 0 Å². The van der Waals surface area contributed by atoms with Crippen molar-refractivity contribution >= 4 is 22.8 Å². The average molecular weight is 263 g/mol. The largest absolute Gasteiger partial charge is 0.508 e. The highest BCUT2D eigenvalue weighted by atomic mass is 16.4. The van der Waals surface area contributed by atoms with E-state index in [0.29, 0.717) is 11.2 Å². The summed E-state index contributed by atoms with van der Waals surface area (Å²) in [6, 6.07) is 2.89. The number of aromatic carboxylic acids is 1. The molecule has 0 saturated carbocycles. The van der Waals surface area contributed by atoms with Crippen LogP contribution in [0.2, 0.25) is 0 Å². The number of fused-ring (bicyclic) bond motifs is 1. The van der Waals surface area contributed by atoms with Crippen LogP contribution in [0.1, 0.15) is 34.5 Å². The lowest BCUT2D eigenvalue weighted by atomic mass is 9.94. The number of hydrogen-bond donors (Lipinski definition) is 4. The number of hydrogen-bond acceptors (Lipinski definition) is 3. The molecule has 1 unspecified atom stereocenters. The molecule has 0 fully saturated rings. The number of aromatic amines is 1. The fourth-order valence-corrected chi connectivity index (χ4v) is 2.26. The fourth-order valence-electron chi connectivity index (χ4n) is 2.26.